The fourth-order valence-electron chi connectivity index (χ4n) is 3.70. The number of aromatic nitrogens is 2. The van der Waals surface area contributed by atoms with E-state index in [0.717, 1.165) is 30.7 Å². The molecule has 0 bridgehead atoms. The third-order valence-electron chi connectivity index (χ3n) is 4.98. The monoisotopic (exact) mass is 300 g/mol. The molecule has 2 N–H and O–H groups in total. The zero-order valence-corrected chi connectivity index (χ0v) is 14.4. The normalized spacial score (nSPS) is 23.8. The van der Waals surface area contributed by atoms with Crippen LogP contribution < -0.4 is 5.32 Å². The minimum atomic E-state index is -0.0495. The summed E-state index contributed by atoms with van der Waals surface area (Å²) in [5.74, 6) is 0.481. The van der Waals surface area contributed by atoms with Crippen molar-refractivity contribution in [1.82, 2.24) is 20.2 Å². The molecule has 2 aromatic heterocycles. The second-order valence-corrected chi connectivity index (χ2v) is 7.23. The number of rotatable bonds is 3. The molecule has 1 unspecified atom stereocenters. The van der Waals surface area contributed by atoms with Gasteiger partial charge in [-0.1, -0.05) is 13.8 Å². The number of hydrogen-bond donors (Lipinski definition) is 2. The molecule has 1 atom stereocenters. The topological polar surface area (TPSA) is 44.0 Å². The van der Waals surface area contributed by atoms with E-state index >= 15 is 0 Å². The van der Waals surface area contributed by atoms with Crippen LogP contribution in [0.4, 0.5) is 0 Å². The Balaban J connectivity index is 2.09. The SMILES string of the molecule is CC(C)c1c[nH]c2ccc(C3(C)CNCCN3C(C)C)nc12. The molecule has 1 aliphatic heterocycles. The molecule has 1 fully saturated rings. The second-order valence-electron chi connectivity index (χ2n) is 7.23. The van der Waals surface area contributed by atoms with Gasteiger partial charge in [-0.3, -0.25) is 4.90 Å². The first-order valence-corrected chi connectivity index (χ1v) is 8.39. The number of piperazine rings is 1. The molecule has 1 saturated heterocycles. The van der Waals surface area contributed by atoms with Crippen LogP contribution in [0.25, 0.3) is 11.0 Å². The maximum atomic E-state index is 5.07. The van der Waals surface area contributed by atoms with Gasteiger partial charge in [-0.25, -0.2) is 4.98 Å². The second kappa shape index (κ2) is 5.67. The van der Waals surface area contributed by atoms with E-state index in [-0.39, 0.29) is 5.54 Å². The van der Waals surface area contributed by atoms with Crippen molar-refractivity contribution in [2.24, 2.45) is 0 Å². The zero-order valence-electron chi connectivity index (χ0n) is 14.4. The standard InChI is InChI=1S/C18H28N4/c1-12(2)14-10-20-15-6-7-16(21-17(14)15)18(5)11-19-8-9-22(18)13(3)4/h6-7,10,12-13,19-20H,8-9,11H2,1-5H3. The molecule has 0 aliphatic carbocycles. The van der Waals surface area contributed by atoms with Gasteiger partial charge < -0.3 is 10.3 Å². The molecule has 22 heavy (non-hydrogen) atoms. The van der Waals surface area contributed by atoms with Crippen molar-refractivity contribution in [3.05, 3.63) is 29.6 Å². The highest BCUT2D eigenvalue weighted by atomic mass is 15.3. The predicted molar refractivity (Wildman–Crippen MR) is 92.2 cm³/mol. The van der Waals surface area contributed by atoms with Gasteiger partial charge in [-0.05, 0) is 44.4 Å². The summed E-state index contributed by atoms with van der Waals surface area (Å²) < 4.78 is 0. The smallest absolute Gasteiger partial charge is 0.0917 e. The Morgan fingerprint density at radius 2 is 2.00 bits per heavy atom. The fraction of sp³-hybridized carbons (Fsp3) is 0.611. The van der Waals surface area contributed by atoms with E-state index in [1.165, 1.54) is 11.3 Å². The highest BCUT2D eigenvalue weighted by Crippen LogP contribution is 2.32. The van der Waals surface area contributed by atoms with Crippen LogP contribution in [0.3, 0.4) is 0 Å². The third kappa shape index (κ3) is 2.44. The number of nitrogens with zero attached hydrogens (tertiary/aromatic N) is 2. The molecule has 1 aliphatic rings. The summed E-state index contributed by atoms with van der Waals surface area (Å²) in [6.07, 6.45) is 2.10. The van der Waals surface area contributed by atoms with Crippen LogP contribution in [0.15, 0.2) is 18.3 Å². The van der Waals surface area contributed by atoms with Gasteiger partial charge in [0.15, 0.2) is 0 Å². The Kier molecular flexibility index (Phi) is 4.00. The van der Waals surface area contributed by atoms with Gasteiger partial charge in [0, 0.05) is 31.9 Å². The van der Waals surface area contributed by atoms with Crippen LogP contribution in [0.2, 0.25) is 0 Å². The van der Waals surface area contributed by atoms with Crippen LogP contribution in [0.1, 0.15) is 51.8 Å². The zero-order chi connectivity index (χ0) is 15.9. The molecule has 0 aromatic carbocycles. The summed E-state index contributed by atoms with van der Waals surface area (Å²) in [5.41, 5.74) is 4.69. The number of fused-ring (bicyclic) bond motifs is 1. The van der Waals surface area contributed by atoms with Gasteiger partial charge in [0.1, 0.15) is 0 Å². The maximum Gasteiger partial charge on any atom is 0.0917 e. The van der Waals surface area contributed by atoms with Crippen molar-refractivity contribution in [3.63, 3.8) is 0 Å². The molecular weight excluding hydrogens is 272 g/mol. The van der Waals surface area contributed by atoms with E-state index in [9.17, 15) is 0 Å². The van der Waals surface area contributed by atoms with E-state index in [0.29, 0.717) is 12.0 Å². The lowest BCUT2D eigenvalue weighted by Gasteiger charge is -2.47. The first kappa shape index (κ1) is 15.5. The molecule has 0 radical (unpaired) electrons. The Labute approximate surface area is 133 Å². The average Bonchev–Trinajstić information content (AvgIpc) is 2.90. The summed E-state index contributed by atoms with van der Waals surface area (Å²) in [6, 6.07) is 4.88. The molecule has 4 heteroatoms. The summed E-state index contributed by atoms with van der Waals surface area (Å²) >= 11 is 0. The number of nitrogens with one attached hydrogen (secondary N) is 2. The highest BCUT2D eigenvalue weighted by molar-refractivity contribution is 5.79. The number of H-pyrrole nitrogens is 1. The van der Waals surface area contributed by atoms with Crippen molar-refractivity contribution in [3.8, 4) is 0 Å². The van der Waals surface area contributed by atoms with E-state index in [2.05, 4.69) is 68.1 Å². The van der Waals surface area contributed by atoms with Crippen LogP contribution in [0, 0.1) is 0 Å². The minimum Gasteiger partial charge on any atom is -0.360 e. The maximum absolute atomic E-state index is 5.07. The number of hydrogen-bond acceptors (Lipinski definition) is 3. The van der Waals surface area contributed by atoms with E-state index in [4.69, 9.17) is 4.98 Å². The molecule has 4 nitrogen and oxygen atoms in total. The molecular formula is C18H28N4. The summed E-state index contributed by atoms with van der Waals surface area (Å²) in [7, 11) is 0. The minimum absolute atomic E-state index is 0.0495. The van der Waals surface area contributed by atoms with E-state index in [1.807, 2.05) is 0 Å². The van der Waals surface area contributed by atoms with E-state index < -0.39 is 0 Å². The lowest BCUT2D eigenvalue weighted by molar-refractivity contribution is 0.0397. The molecule has 120 valence electrons. The van der Waals surface area contributed by atoms with Gasteiger partial charge in [0.05, 0.1) is 22.3 Å². The van der Waals surface area contributed by atoms with Crippen molar-refractivity contribution >= 4 is 11.0 Å². The average molecular weight is 300 g/mol. The van der Waals surface area contributed by atoms with Gasteiger partial charge in [-0.15, -0.1) is 0 Å². The van der Waals surface area contributed by atoms with Crippen molar-refractivity contribution in [1.29, 1.82) is 0 Å². The van der Waals surface area contributed by atoms with E-state index in [1.54, 1.807) is 0 Å². The first-order valence-electron chi connectivity index (χ1n) is 8.39. The number of aromatic amines is 1. The quantitative estimate of drug-likeness (QED) is 0.915. The Hall–Kier alpha value is -1.39. The highest BCUT2D eigenvalue weighted by Gasteiger charge is 2.38. The molecule has 2 aromatic rings. The Morgan fingerprint density at radius 3 is 2.68 bits per heavy atom. The van der Waals surface area contributed by atoms with Crippen LogP contribution in [-0.2, 0) is 5.54 Å². The summed E-state index contributed by atoms with van der Waals surface area (Å²) in [4.78, 5) is 11.0. The fourth-order valence-corrected chi connectivity index (χ4v) is 3.70. The summed E-state index contributed by atoms with van der Waals surface area (Å²) in [5, 5.41) is 3.55. The molecule has 3 rings (SSSR count). The largest absolute Gasteiger partial charge is 0.360 e. The predicted octanol–water partition coefficient (Wildman–Crippen LogP) is 3.22. The van der Waals surface area contributed by atoms with Crippen LogP contribution in [0.5, 0.6) is 0 Å². The van der Waals surface area contributed by atoms with Crippen molar-refractivity contribution in [2.75, 3.05) is 19.6 Å². The van der Waals surface area contributed by atoms with Gasteiger partial charge in [-0.2, -0.15) is 0 Å². The van der Waals surface area contributed by atoms with Gasteiger partial charge in [0.25, 0.3) is 0 Å². The Bertz CT molecular complexity index is 658. The van der Waals surface area contributed by atoms with Gasteiger partial charge >= 0.3 is 0 Å². The lowest BCUT2D eigenvalue weighted by Crippen LogP contribution is -2.59. The lowest BCUT2D eigenvalue weighted by atomic mass is 9.90. The molecule has 0 amide bonds. The Morgan fingerprint density at radius 1 is 1.23 bits per heavy atom. The molecule has 0 spiro atoms. The summed E-state index contributed by atoms with van der Waals surface area (Å²) in [6.45, 7) is 14.4. The molecule has 3 heterocycles. The third-order valence-corrected chi connectivity index (χ3v) is 4.98. The first-order chi connectivity index (χ1) is 10.4. The van der Waals surface area contributed by atoms with Gasteiger partial charge in [0.2, 0.25) is 0 Å². The van der Waals surface area contributed by atoms with Crippen LogP contribution in [-0.4, -0.2) is 40.5 Å². The van der Waals surface area contributed by atoms with Crippen molar-refractivity contribution in [2.45, 2.75) is 52.1 Å². The molecule has 0 saturated carbocycles. The van der Waals surface area contributed by atoms with Crippen molar-refractivity contribution < 1.29 is 0 Å². The van der Waals surface area contributed by atoms with Crippen LogP contribution >= 0.6 is 0 Å². The number of pyridine rings is 1.